The molecule has 0 aliphatic carbocycles. The van der Waals surface area contributed by atoms with Crippen molar-refractivity contribution >= 4 is 17.4 Å². The highest BCUT2D eigenvalue weighted by Crippen LogP contribution is 2.24. The van der Waals surface area contributed by atoms with Crippen molar-refractivity contribution in [1.29, 1.82) is 0 Å². The van der Waals surface area contributed by atoms with Crippen LogP contribution in [0.4, 0.5) is 20.6 Å². The van der Waals surface area contributed by atoms with Crippen molar-refractivity contribution in [1.82, 2.24) is 5.32 Å². The van der Waals surface area contributed by atoms with Gasteiger partial charge in [0.2, 0.25) is 5.82 Å². The van der Waals surface area contributed by atoms with Crippen LogP contribution in [0.3, 0.4) is 0 Å². The smallest absolute Gasteiger partial charge is 0.321 e. The lowest BCUT2D eigenvalue weighted by Crippen LogP contribution is -2.46. The van der Waals surface area contributed by atoms with Gasteiger partial charge in [0, 0.05) is 30.9 Å². The average Bonchev–Trinajstić information content (AvgIpc) is 2.29. The van der Waals surface area contributed by atoms with Crippen LogP contribution in [0.5, 0.6) is 0 Å². The number of amides is 2. The molecule has 0 atom stereocenters. The molecule has 1 aliphatic rings. The number of hydrogen-bond donors (Lipinski definition) is 1. The largest absolute Gasteiger partial charge is 0.338 e. The van der Waals surface area contributed by atoms with E-state index in [0.29, 0.717) is 18.8 Å². The third kappa shape index (κ3) is 2.17. The van der Waals surface area contributed by atoms with E-state index in [4.69, 9.17) is 0 Å². The Morgan fingerprint density at radius 3 is 2.82 bits per heavy atom. The first-order valence-electron chi connectivity index (χ1n) is 5.09. The second-order valence-corrected chi connectivity index (χ2v) is 3.63. The minimum atomic E-state index is -0.939. The van der Waals surface area contributed by atoms with Crippen molar-refractivity contribution < 1.29 is 14.1 Å². The van der Waals surface area contributed by atoms with E-state index in [1.165, 1.54) is 11.0 Å². The molecule has 2 rings (SSSR count). The molecule has 0 unspecified atom stereocenters. The van der Waals surface area contributed by atoms with Gasteiger partial charge in [0.25, 0.3) is 0 Å². The van der Waals surface area contributed by atoms with Crippen LogP contribution in [0.1, 0.15) is 6.42 Å². The Labute approximate surface area is 96.2 Å². The molecule has 6 nitrogen and oxygen atoms in total. The Balaban J connectivity index is 2.30. The highest BCUT2D eigenvalue weighted by Gasteiger charge is 2.22. The lowest BCUT2D eigenvalue weighted by Gasteiger charge is -2.27. The summed E-state index contributed by atoms with van der Waals surface area (Å²) in [5, 5.41) is 13.1. The Morgan fingerprint density at radius 1 is 1.47 bits per heavy atom. The molecule has 90 valence electrons. The zero-order chi connectivity index (χ0) is 12.4. The maximum atomic E-state index is 13.4. The number of carbonyl (C=O) groups excluding carboxylic acids is 1. The molecule has 1 N–H and O–H groups in total. The Bertz CT molecular complexity index is 478. The van der Waals surface area contributed by atoms with E-state index in [9.17, 15) is 19.3 Å². The van der Waals surface area contributed by atoms with Gasteiger partial charge in [-0.25, -0.2) is 4.79 Å². The van der Waals surface area contributed by atoms with Gasteiger partial charge in [0.15, 0.2) is 0 Å². The standard InChI is InChI=1S/C10H10FN3O3/c11-8-6-7(2-3-9(8)14(16)17)13-5-1-4-12-10(13)15/h2-3,6H,1,4-5H2,(H,12,15). The lowest BCUT2D eigenvalue weighted by molar-refractivity contribution is -0.387. The van der Waals surface area contributed by atoms with Gasteiger partial charge in [-0.3, -0.25) is 15.0 Å². The van der Waals surface area contributed by atoms with E-state index in [1.807, 2.05) is 0 Å². The number of hydrogen-bond acceptors (Lipinski definition) is 3. The molecule has 17 heavy (non-hydrogen) atoms. The molecule has 1 fully saturated rings. The first-order valence-corrected chi connectivity index (χ1v) is 5.09. The van der Waals surface area contributed by atoms with E-state index in [0.717, 1.165) is 18.6 Å². The van der Waals surface area contributed by atoms with Crippen LogP contribution < -0.4 is 10.2 Å². The number of anilines is 1. The van der Waals surface area contributed by atoms with Crippen LogP contribution in [0, 0.1) is 15.9 Å². The third-order valence-electron chi connectivity index (χ3n) is 2.52. The number of halogens is 1. The predicted molar refractivity (Wildman–Crippen MR) is 58.4 cm³/mol. The fraction of sp³-hybridized carbons (Fsp3) is 0.300. The topological polar surface area (TPSA) is 75.5 Å². The summed E-state index contributed by atoms with van der Waals surface area (Å²) in [5.41, 5.74) is -0.267. The van der Waals surface area contributed by atoms with Gasteiger partial charge in [-0.05, 0) is 12.5 Å². The van der Waals surface area contributed by atoms with Crippen molar-refractivity contribution in [3.05, 3.63) is 34.1 Å². The van der Waals surface area contributed by atoms with Crippen molar-refractivity contribution in [2.45, 2.75) is 6.42 Å². The fourth-order valence-corrected chi connectivity index (χ4v) is 1.69. The molecule has 0 radical (unpaired) electrons. The second kappa shape index (κ2) is 4.36. The van der Waals surface area contributed by atoms with E-state index in [2.05, 4.69) is 5.32 Å². The summed E-state index contributed by atoms with van der Waals surface area (Å²) >= 11 is 0. The fourth-order valence-electron chi connectivity index (χ4n) is 1.69. The van der Waals surface area contributed by atoms with Crippen molar-refractivity contribution in [2.24, 2.45) is 0 Å². The number of nitrogens with zero attached hydrogens (tertiary/aromatic N) is 2. The van der Waals surface area contributed by atoms with E-state index >= 15 is 0 Å². The van der Waals surface area contributed by atoms with Gasteiger partial charge < -0.3 is 5.32 Å². The monoisotopic (exact) mass is 239 g/mol. The molecular formula is C10H10FN3O3. The summed E-state index contributed by atoms with van der Waals surface area (Å²) < 4.78 is 13.4. The second-order valence-electron chi connectivity index (χ2n) is 3.63. The lowest BCUT2D eigenvalue weighted by atomic mass is 10.2. The summed E-state index contributed by atoms with van der Waals surface area (Å²) in [4.78, 5) is 22.5. The molecule has 2 amide bonds. The number of nitrogens with one attached hydrogen (secondary N) is 1. The zero-order valence-corrected chi connectivity index (χ0v) is 8.85. The van der Waals surface area contributed by atoms with E-state index in [1.54, 1.807) is 0 Å². The molecule has 1 aromatic rings. The highest BCUT2D eigenvalue weighted by atomic mass is 19.1. The van der Waals surface area contributed by atoms with Gasteiger partial charge in [-0.2, -0.15) is 4.39 Å². The molecule has 1 saturated heterocycles. The average molecular weight is 239 g/mol. The number of carbonyl (C=O) groups is 1. The molecule has 7 heteroatoms. The summed E-state index contributed by atoms with van der Waals surface area (Å²) in [6.07, 6.45) is 0.754. The van der Waals surface area contributed by atoms with Gasteiger partial charge in [-0.15, -0.1) is 0 Å². The minimum Gasteiger partial charge on any atom is -0.338 e. The molecule has 0 bridgehead atoms. The quantitative estimate of drug-likeness (QED) is 0.629. The molecule has 1 aromatic carbocycles. The maximum Gasteiger partial charge on any atom is 0.321 e. The number of nitro groups is 1. The summed E-state index contributed by atoms with van der Waals surface area (Å²) in [7, 11) is 0. The number of benzene rings is 1. The molecule has 0 spiro atoms. The number of nitro benzene ring substituents is 1. The van der Waals surface area contributed by atoms with E-state index in [-0.39, 0.29) is 6.03 Å². The maximum absolute atomic E-state index is 13.4. The van der Waals surface area contributed by atoms with Gasteiger partial charge in [0.1, 0.15) is 0 Å². The van der Waals surface area contributed by atoms with Crippen molar-refractivity contribution in [3.63, 3.8) is 0 Å². The number of rotatable bonds is 2. The Hall–Kier alpha value is -2.18. The zero-order valence-electron chi connectivity index (χ0n) is 8.85. The van der Waals surface area contributed by atoms with Crippen LogP contribution in [0.25, 0.3) is 0 Å². The van der Waals surface area contributed by atoms with Crippen LogP contribution in [0.2, 0.25) is 0 Å². The van der Waals surface area contributed by atoms with Crippen LogP contribution in [-0.4, -0.2) is 24.0 Å². The van der Waals surface area contributed by atoms with Crippen LogP contribution >= 0.6 is 0 Å². The van der Waals surface area contributed by atoms with Crippen molar-refractivity contribution in [2.75, 3.05) is 18.0 Å². The Kier molecular flexibility index (Phi) is 2.90. The number of urea groups is 1. The first kappa shape index (κ1) is 11.3. The van der Waals surface area contributed by atoms with Gasteiger partial charge >= 0.3 is 11.7 Å². The molecule has 0 saturated carbocycles. The normalized spacial score (nSPS) is 15.6. The molecule has 1 heterocycles. The minimum absolute atomic E-state index is 0.315. The first-order chi connectivity index (χ1) is 8.09. The SMILES string of the molecule is O=C1NCCCN1c1ccc([N+](=O)[O-])c(F)c1. The van der Waals surface area contributed by atoms with Gasteiger partial charge in [-0.1, -0.05) is 0 Å². The van der Waals surface area contributed by atoms with E-state index < -0.39 is 16.4 Å². The third-order valence-corrected chi connectivity index (χ3v) is 2.52. The van der Waals surface area contributed by atoms with Crippen LogP contribution in [-0.2, 0) is 0 Å². The highest BCUT2D eigenvalue weighted by molar-refractivity contribution is 5.92. The van der Waals surface area contributed by atoms with Crippen LogP contribution in [0.15, 0.2) is 18.2 Å². The molecule has 1 aliphatic heterocycles. The van der Waals surface area contributed by atoms with Gasteiger partial charge in [0.05, 0.1) is 4.92 Å². The summed E-state index contributed by atoms with van der Waals surface area (Å²) in [6.45, 7) is 1.06. The molecule has 0 aromatic heterocycles. The Morgan fingerprint density at radius 2 is 2.24 bits per heavy atom. The summed E-state index contributed by atoms with van der Waals surface area (Å²) in [5.74, 6) is -0.939. The van der Waals surface area contributed by atoms with Crippen molar-refractivity contribution in [3.8, 4) is 0 Å². The predicted octanol–water partition coefficient (Wildman–Crippen LogP) is 1.65. The summed E-state index contributed by atoms with van der Waals surface area (Å²) in [6, 6.07) is 3.12. The molecular weight excluding hydrogens is 229 g/mol.